The van der Waals surface area contributed by atoms with E-state index in [1.165, 1.54) is 4.70 Å². The van der Waals surface area contributed by atoms with E-state index in [0.717, 1.165) is 43.2 Å². The van der Waals surface area contributed by atoms with E-state index in [9.17, 15) is 4.79 Å². The van der Waals surface area contributed by atoms with Crippen LogP contribution in [0.15, 0.2) is 24.3 Å². The van der Waals surface area contributed by atoms with Gasteiger partial charge in [0.15, 0.2) is 5.13 Å². The second kappa shape index (κ2) is 7.07. The summed E-state index contributed by atoms with van der Waals surface area (Å²) in [6.07, 6.45) is 1.06. The smallest absolute Gasteiger partial charge is 0.234 e. The van der Waals surface area contributed by atoms with Gasteiger partial charge in [-0.05, 0) is 25.5 Å². The molecule has 22 heavy (non-hydrogen) atoms. The Bertz CT molecular complexity index is 609. The first kappa shape index (κ1) is 15.2. The highest BCUT2D eigenvalue weighted by Gasteiger charge is 2.19. The first-order valence-corrected chi connectivity index (χ1v) is 8.67. The monoisotopic (exact) mass is 318 g/mol. The molecule has 0 radical (unpaired) electrons. The molecule has 0 bridgehead atoms. The van der Waals surface area contributed by atoms with E-state index < -0.39 is 0 Å². The molecule has 0 spiro atoms. The maximum atomic E-state index is 11.7. The quantitative estimate of drug-likeness (QED) is 0.936. The molecule has 1 amide bonds. The van der Waals surface area contributed by atoms with Crippen LogP contribution < -0.4 is 10.2 Å². The molecule has 0 saturated carbocycles. The van der Waals surface area contributed by atoms with Gasteiger partial charge in [-0.1, -0.05) is 23.5 Å². The van der Waals surface area contributed by atoms with Gasteiger partial charge in [0.2, 0.25) is 5.91 Å². The van der Waals surface area contributed by atoms with Crippen molar-refractivity contribution in [1.82, 2.24) is 15.2 Å². The largest absolute Gasteiger partial charge is 0.355 e. The number of rotatable bonds is 4. The highest BCUT2D eigenvalue weighted by molar-refractivity contribution is 7.22. The van der Waals surface area contributed by atoms with Crippen molar-refractivity contribution in [2.45, 2.75) is 13.3 Å². The zero-order valence-electron chi connectivity index (χ0n) is 12.9. The van der Waals surface area contributed by atoms with Gasteiger partial charge in [0.25, 0.3) is 0 Å². The first-order valence-electron chi connectivity index (χ1n) is 7.86. The summed E-state index contributed by atoms with van der Waals surface area (Å²) in [5.41, 5.74) is 1.07. The zero-order chi connectivity index (χ0) is 15.4. The van der Waals surface area contributed by atoms with Gasteiger partial charge in [-0.3, -0.25) is 9.69 Å². The van der Waals surface area contributed by atoms with Crippen molar-refractivity contribution in [2.75, 3.05) is 44.2 Å². The Labute approximate surface area is 134 Å². The number of thiazole rings is 1. The number of amides is 1. The number of nitrogens with zero attached hydrogens (tertiary/aromatic N) is 3. The predicted octanol–water partition coefficient (Wildman–Crippen LogP) is 1.94. The third kappa shape index (κ3) is 3.56. The van der Waals surface area contributed by atoms with Crippen molar-refractivity contribution in [2.24, 2.45) is 0 Å². The Morgan fingerprint density at radius 1 is 1.27 bits per heavy atom. The molecule has 5 nitrogen and oxygen atoms in total. The lowest BCUT2D eigenvalue weighted by atomic mass is 10.3. The third-order valence-electron chi connectivity index (χ3n) is 3.88. The SMILES string of the molecule is CCNC(=O)CN1CCCN(c2nc3ccccc3s2)CC1. The number of aromatic nitrogens is 1. The van der Waals surface area contributed by atoms with Crippen LogP contribution in [0.2, 0.25) is 0 Å². The van der Waals surface area contributed by atoms with Crippen LogP contribution >= 0.6 is 11.3 Å². The molecule has 2 aromatic rings. The summed E-state index contributed by atoms with van der Waals surface area (Å²) in [5, 5.41) is 3.97. The molecule has 1 aromatic carbocycles. The molecule has 1 aliphatic heterocycles. The van der Waals surface area contributed by atoms with E-state index in [-0.39, 0.29) is 5.91 Å². The number of hydrogen-bond acceptors (Lipinski definition) is 5. The summed E-state index contributed by atoms with van der Waals surface area (Å²) in [6.45, 7) is 6.97. The highest BCUT2D eigenvalue weighted by atomic mass is 32.1. The summed E-state index contributed by atoms with van der Waals surface area (Å²) in [5.74, 6) is 0.121. The summed E-state index contributed by atoms with van der Waals surface area (Å²) in [6, 6.07) is 8.27. The molecular weight excluding hydrogens is 296 g/mol. The van der Waals surface area contributed by atoms with Crippen molar-refractivity contribution < 1.29 is 4.79 Å². The average Bonchev–Trinajstić information content (AvgIpc) is 2.81. The summed E-state index contributed by atoms with van der Waals surface area (Å²) in [4.78, 5) is 21.0. The van der Waals surface area contributed by atoms with Crippen molar-refractivity contribution in [3.05, 3.63) is 24.3 Å². The standard InChI is InChI=1S/C16H22N4OS/c1-2-17-15(21)12-19-8-5-9-20(11-10-19)16-18-13-6-3-4-7-14(13)22-16/h3-4,6-7H,2,5,8-12H2,1H3,(H,17,21). The maximum Gasteiger partial charge on any atom is 0.234 e. The number of para-hydroxylation sites is 1. The first-order chi connectivity index (χ1) is 10.8. The molecule has 1 saturated heterocycles. The van der Waals surface area contributed by atoms with E-state index in [1.807, 2.05) is 13.0 Å². The van der Waals surface area contributed by atoms with E-state index in [1.54, 1.807) is 11.3 Å². The predicted molar refractivity (Wildman–Crippen MR) is 91.6 cm³/mol. The minimum absolute atomic E-state index is 0.121. The maximum absolute atomic E-state index is 11.7. The highest BCUT2D eigenvalue weighted by Crippen LogP contribution is 2.29. The van der Waals surface area contributed by atoms with Gasteiger partial charge in [0.1, 0.15) is 0 Å². The van der Waals surface area contributed by atoms with Gasteiger partial charge in [-0.2, -0.15) is 0 Å². The summed E-state index contributed by atoms with van der Waals surface area (Å²) < 4.78 is 1.24. The fourth-order valence-electron chi connectivity index (χ4n) is 2.77. The van der Waals surface area contributed by atoms with Crippen molar-refractivity contribution in [1.29, 1.82) is 0 Å². The normalized spacial score (nSPS) is 16.7. The lowest BCUT2D eigenvalue weighted by molar-refractivity contribution is -0.122. The number of nitrogens with one attached hydrogen (secondary N) is 1. The van der Waals surface area contributed by atoms with Crippen LogP contribution in [0.4, 0.5) is 5.13 Å². The molecule has 0 atom stereocenters. The van der Waals surface area contributed by atoms with Gasteiger partial charge in [0, 0.05) is 32.7 Å². The van der Waals surface area contributed by atoms with Crippen LogP contribution in [-0.2, 0) is 4.79 Å². The Hall–Kier alpha value is -1.66. The van der Waals surface area contributed by atoms with E-state index in [4.69, 9.17) is 4.98 Å². The number of anilines is 1. The second-order valence-corrected chi connectivity index (χ2v) is 6.54. The van der Waals surface area contributed by atoms with Crippen LogP contribution in [0.5, 0.6) is 0 Å². The number of carbonyl (C=O) groups is 1. The van der Waals surface area contributed by atoms with Gasteiger partial charge < -0.3 is 10.2 Å². The Morgan fingerprint density at radius 2 is 2.14 bits per heavy atom. The molecule has 0 unspecified atom stereocenters. The molecule has 0 aliphatic carbocycles. The van der Waals surface area contributed by atoms with Gasteiger partial charge in [-0.15, -0.1) is 0 Å². The average molecular weight is 318 g/mol. The minimum Gasteiger partial charge on any atom is -0.355 e. The van der Waals surface area contributed by atoms with Crippen LogP contribution in [0.25, 0.3) is 10.2 Å². The zero-order valence-corrected chi connectivity index (χ0v) is 13.7. The van der Waals surface area contributed by atoms with E-state index >= 15 is 0 Å². The molecule has 1 N–H and O–H groups in total. The summed E-state index contributed by atoms with van der Waals surface area (Å²) in [7, 11) is 0. The van der Waals surface area contributed by atoms with Crippen molar-refractivity contribution >= 4 is 32.6 Å². The van der Waals surface area contributed by atoms with Gasteiger partial charge in [-0.25, -0.2) is 4.98 Å². The topological polar surface area (TPSA) is 48.5 Å². The Kier molecular flexibility index (Phi) is 4.90. The van der Waals surface area contributed by atoms with E-state index in [0.29, 0.717) is 13.1 Å². The molecule has 3 rings (SSSR count). The molecule has 1 aliphatic rings. The third-order valence-corrected chi connectivity index (χ3v) is 4.98. The molecule has 6 heteroatoms. The van der Waals surface area contributed by atoms with Crippen molar-refractivity contribution in [3.8, 4) is 0 Å². The Balaban J connectivity index is 1.63. The number of fused-ring (bicyclic) bond motifs is 1. The van der Waals surface area contributed by atoms with Crippen LogP contribution in [0.1, 0.15) is 13.3 Å². The lowest BCUT2D eigenvalue weighted by Crippen LogP contribution is -2.39. The summed E-state index contributed by atoms with van der Waals surface area (Å²) >= 11 is 1.75. The molecular formula is C16H22N4OS. The second-order valence-electron chi connectivity index (χ2n) is 5.53. The van der Waals surface area contributed by atoms with Crippen LogP contribution in [0.3, 0.4) is 0 Å². The van der Waals surface area contributed by atoms with Gasteiger partial charge >= 0.3 is 0 Å². The molecule has 2 heterocycles. The van der Waals surface area contributed by atoms with Crippen molar-refractivity contribution in [3.63, 3.8) is 0 Å². The minimum atomic E-state index is 0.121. The van der Waals surface area contributed by atoms with Gasteiger partial charge in [0.05, 0.1) is 16.8 Å². The molecule has 1 fully saturated rings. The Morgan fingerprint density at radius 3 is 2.95 bits per heavy atom. The lowest BCUT2D eigenvalue weighted by Gasteiger charge is -2.20. The molecule has 118 valence electrons. The number of likely N-dealkylation sites (N-methyl/N-ethyl adjacent to an activating group) is 1. The fraction of sp³-hybridized carbons (Fsp3) is 0.500. The van der Waals surface area contributed by atoms with Crippen LogP contribution in [0, 0.1) is 0 Å². The number of benzene rings is 1. The number of hydrogen-bond donors (Lipinski definition) is 1. The molecule has 1 aromatic heterocycles. The van der Waals surface area contributed by atoms with Crippen LogP contribution in [-0.4, -0.2) is 55.1 Å². The fourth-order valence-corrected chi connectivity index (χ4v) is 3.79. The van der Waals surface area contributed by atoms with E-state index in [2.05, 4.69) is 33.3 Å². The number of carbonyl (C=O) groups excluding carboxylic acids is 1.